The summed E-state index contributed by atoms with van der Waals surface area (Å²) in [7, 11) is 2.21. The van der Waals surface area contributed by atoms with Crippen LogP contribution in [0.4, 0.5) is 5.69 Å². The van der Waals surface area contributed by atoms with Crippen molar-refractivity contribution in [1.82, 2.24) is 9.80 Å². The number of piperidine rings is 1. The first kappa shape index (κ1) is 18.7. The van der Waals surface area contributed by atoms with Crippen LogP contribution in [-0.2, 0) is 4.79 Å². The normalized spacial score (nSPS) is 24.4. The Kier molecular flexibility index (Phi) is 6.03. The van der Waals surface area contributed by atoms with E-state index in [0.717, 1.165) is 36.2 Å². The van der Waals surface area contributed by atoms with Crippen LogP contribution in [0.5, 0.6) is 0 Å². The van der Waals surface area contributed by atoms with Crippen molar-refractivity contribution in [2.24, 2.45) is 11.8 Å². The van der Waals surface area contributed by atoms with Crippen LogP contribution in [0.25, 0.3) is 0 Å². The van der Waals surface area contributed by atoms with E-state index in [0.29, 0.717) is 5.02 Å². The number of amides is 1. The largest absolute Gasteiger partial charge is 0.324 e. The molecule has 2 atom stereocenters. The van der Waals surface area contributed by atoms with Gasteiger partial charge in [-0.25, -0.2) is 0 Å². The quantitative estimate of drug-likeness (QED) is 0.887. The fourth-order valence-corrected chi connectivity index (χ4v) is 4.36. The fraction of sp³-hybridized carbons (Fsp3) is 0.650. The van der Waals surface area contributed by atoms with Gasteiger partial charge in [0, 0.05) is 17.3 Å². The van der Waals surface area contributed by atoms with Gasteiger partial charge in [-0.15, -0.1) is 0 Å². The van der Waals surface area contributed by atoms with Crippen molar-refractivity contribution in [3.05, 3.63) is 28.8 Å². The predicted molar refractivity (Wildman–Crippen MR) is 104 cm³/mol. The highest BCUT2D eigenvalue weighted by molar-refractivity contribution is 6.31. The van der Waals surface area contributed by atoms with Crippen LogP contribution in [0.3, 0.4) is 0 Å². The van der Waals surface area contributed by atoms with Gasteiger partial charge < -0.3 is 10.2 Å². The number of nitrogens with one attached hydrogen (secondary N) is 1. The lowest BCUT2D eigenvalue weighted by molar-refractivity contribution is -0.120. The number of benzene rings is 1. The lowest BCUT2D eigenvalue weighted by atomic mass is 9.84. The third-order valence-corrected chi connectivity index (χ3v) is 6.31. The number of likely N-dealkylation sites (tertiary alicyclic amines) is 2. The van der Waals surface area contributed by atoms with Crippen molar-refractivity contribution in [2.75, 3.05) is 38.5 Å². The summed E-state index contributed by atoms with van der Waals surface area (Å²) < 4.78 is 0. The van der Waals surface area contributed by atoms with E-state index < -0.39 is 0 Å². The Hall–Kier alpha value is -1.10. The maximum absolute atomic E-state index is 12.7. The second kappa shape index (κ2) is 8.07. The molecule has 2 fully saturated rings. The van der Waals surface area contributed by atoms with Crippen molar-refractivity contribution in [3.8, 4) is 0 Å². The number of carbonyl (C=O) groups excluding carboxylic acids is 1. The molecule has 2 aliphatic rings. The zero-order valence-corrected chi connectivity index (χ0v) is 16.4. The Labute approximate surface area is 156 Å². The predicted octanol–water partition coefficient (Wildman–Crippen LogP) is 3.64. The van der Waals surface area contributed by atoms with Crippen LogP contribution in [0, 0.1) is 18.8 Å². The maximum Gasteiger partial charge on any atom is 0.241 e. The van der Waals surface area contributed by atoms with Crippen LogP contribution < -0.4 is 5.32 Å². The Morgan fingerprint density at radius 2 is 1.88 bits per heavy atom. The average molecular weight is 364 g/mol. The number of aryl methyl sites for hydroxylation is 1. The van der Waals surface area contributed by atoms with Gasteiger partial charge in [0.05, 0.1) is 6.04 Å². The van der Waals surface area contributed by atoms with Crippen LogP contribution in [0.15, 0.2) is 18.2 Å². The minimum absolute atomic E-state index is 0.0643. The molecule has 0 radical (unpaired) electrons. The number of hydrogen-bond donors (Lipinski definition) is 1. The molecular formula is C20H30ClN3O. The van der Waals surface area contributed by atoms with Gasteiger partial charge in [0.1, 0.15) is 0 Å². The van der Waals surface area contributed by atoms with Crippen molar-refractivity contribution in [2.45, 2.75) is 39.2 Å². The molecule has 2 heterocycles. The molecule has 0 aromatic heterocycles. The lowest BCUT2D eigenvalue weighted by Gasteiger charge is -2.33. The van der Waals surface area contributed by atoms with Crippen LogP contribution >= 0.6 is 11.6 Å². The molecule has 1 amide bonds. The van der Waals surface area contributed by atoms with Crippen LogP contribution in [0.2, 0.25) is 5.02 Å². The summed E-state index contributed by atoms with van der Waals surface area (Å²) in [5.74, 6) is 1.64. The standard InChI is InChI=1S/C20H30ClN3O/c1-14-4-5-18(21)12-19(14)22-20(25)15(2)24-11-8-17(13-24)16-6-9-23(3)10-7-16/h4-5,12,15-17H,6-11,13H2,1-3H3,(H,22,25)/t15-,17-/m0/s1. The first-order valence-corrected chi connectivity index (χ1v) is 9.81. The Bertz CT molecular complexity index is 613. The van der Waals surface area contributed by atoms with Crippen molar-refractivity contribution in [1.29, 1.82) is 0 Å². The van der Waals surface area contributed by atoms with Gasteiger partial charge in [0.15, 0.2) is 0 Å². The molecule has 0 aliphatic carbocycles. The van der Waals surface area contributed by atoms with E-state index in [2.05, 4.69) is 22.2 Å². The van der Waals surface area contributed by atoms with Gasteiger partial charge in [-0.05, 0) is 89.3 Å². The highest BCUT2D eigenvalue weighted by Gasteiger charge is 2.34. The molecule has 2 aliphatic heterocycles. The molecule has 0 spiro atoms. The van der Waals surface area contributed by atoms with Gasteiger partial charge in [0.25, 0.3) is 0 Å². The van der Waals surface area contributed by atoms with E-state index in [1.54, 1.807) is 0 Å². The minimum atomic E-state index is -0.102. The summed E-state index contributed by atoms with van der Waals surface area (Å²) in [6.45, 7) is 8.52. The summed E-state index contributed by atoms with van der Waals surface area (Å²) in [5, 5.41) is 3.71. The molecule has 0 bridgehead atoms. The van der Waals surface area contributed by atoms with Crippen molar-refractivity contribution < 1.29 is 4.79 Å². The Morgan fingerprint density at radius 1 is 1.20 bits per heavy atom. The third kappa shape index (κ3) is 4.55. The van der Waals surface area contributed by atoms with Gasteiger partial charge >= 0.3 is 0 Å². The smallest absolute Gasteiger partial charge is 0.241 e. The molecule has 1 aromatic rings. The Morgan fingerprint density at radius 3 is 2.60 bits per heavy atom. The number of nitrogens with zero attached hydrogens (tertiary/aromatic N) is 2. The van der Waals surface area contributed by atoms with E-state index in [-0.39, 0.29) is 11.9 Å². The highest BCUT2D eigenvalue weighted by atomic mass is 35.5. The molecule has 1 aromatic carbocycles. The monoisotopic (exact) mass is 363 g/mol. The molecule has 5 heteroatoms. The molecule has 4 nitrogen and oxygen atoms in total. The van der Waals surface area contributed by atoms with Gasteiger partial charge in [-0.1, -0.05) is 17.7 Å². The van der Waals surface area contributed by atoms with E-state index in [1.165, 1.54) is 32.4 Å². The van der Waals surface area contributed by atoms with Gasteiger partial charge in [-0.3, -0.25) is 9.69 Å². The van der Waals surface area contributed by atoms with Crippen LogP contribution in [0.1, 0.15) is 31.7 Å². The summed E-state index contributed by atoms with van der Waals surface area (Å²) in [6, 6.07) is 5.51. The second-order valence-electron chi connectivity index (χ2n) is 7.81. The van der Waals surface area contributed by atoms with Crippen LogP contribution in [-0.4, -0.2) is 55.0 Å². The highest BCUT2D eigenvalue weighted by Crippen LogP contribution is 2.32. The summed E-state index contributed by atoms with van der Waals surface area (Å²) >= 11 is 6.06. The average Bonchev–Trinajstić information content (AvgIpc) is 3.08. The second-order valence-corrected chi connectivity index (χ2v) is 8.25. The zero-order valence-electron chi connectivity index (χ0n) is 15.6. The fourth-order valence-electron chi connectivity index (χ4n) is 4.18. The topological polar surface area (TPSA) is 35.6 Å². The molecule has 2 saturated heterocycles. The van der Waals surface area contributed by atoms with E-state index in [1.807, 2.05) is 32.0 Å². The number of hydrogen-bond acceptors (Lipinski definition) is 3. The SMILES string of the molecule is Cc1ccc(Cl)cc1NC(=O)[C@H](C)N1CC[C@H](C2CCN(C)CC2)C1. The summed E-state index contributed by atoms with van der Waals surface area (Å²) in [4.78, 5) is 17.5. The molecule has 138 valence electrons. The summed E-state index contributed by atoms with van der Waals surface area (Å²) in [6.07, 6.45) is 3.83. The van der Waals surface area contributed by atoms with Gasteiger partial charge in [-0.2, -0.15) is 0 Å². The minimum Gasteiger partial charge on any atom is -0.324 e. The first-order chi connectivity index (χ1) is 11.9. The number of halogens is 1. The maximum atomic E-state index is 12.7. The number of rotatable bonds is 4. The molecular weight excluding hydrogens is 334 g/mol. The lowest BCUT2D eigenvalue weighted by Crippen LogP contribution is -2.41. The molecule has 0 saturated carbocycles. The first-order valence-electron chi connectivity index (χ1n) is 9.43. The van der Waals surface area contributed by atoms with E-state index in [9.17, 15) is 4.79 Å². The molecule has 1 N–H and O–H groups in total. The Balaban J connectivity index is 1.55. The zero-order chi connectivity index (χ0) is 18.0. The van der Waals surface area contributed by atoms with E-state index in [4.69, 9.17) is 11.6 Å². The van der Waals surface area contributed by atoms with E-state index >= 15 is 0 Å². The molecule has 3 rings (SSSR count). The summed E-state index contributed by atoms with van der Waals surface area (Å²) in [5.41, 5.74) is 1.85. The molecule has 0 unspecified atom stereocenters. The third-order valence-electron chi connectivity index (χ3n) is 6.07. The molecule has 25 heavy (non-hydrogen) atoms. The number of carbonyl (C=O) groups is 1. The van der Waals surface area contributed by atoms with Crippen molar-refractivity contribution in [3.63, 3.8) is 0 Å². The van der Waals surface area contributed by atoms with Crippen molar-refractivity contribution >= 4 is 23.2 Å². The van der Waals surface area contributed by atoms with Gasteiger partial charge in [0.2, 0.25) is 5.91 Å². The number of anilines is 1.